The average Bonchev–Trinajstić information content (AvgIpc) is 3.40. The number of ether oxygens (including phenoxy) is 1. The molecule has 0 spiro atoms. The van der Waals surface area contributed by atoms with E-state index in [4.69, 9.17) is 9.72 Å². The van der Waals surface area contributed by atoms with Crippen molar-refractivity contribution in [2.75, 3.05) is 7.11 Å². The predicted octanol–water partition coefficient (Wildman–Crippen LogP) is 5.02. The Kier molecular flexibility index (Phi) is 4.58. The number of halogens is 1. The summed E-state index contributed by atoms with van der Waals surface area (Å²) in [7, 11) is 1.46. The second kappa shape index (κ2) is 6.91. The first kappa shape index (κ1) is 17.9. The Hall–Kier alpha value is -2.50. The summed E-state index contributed by atoms with van der Waals surface area (Å²) in [6, 6.07) is 3.14. The second-order valence-corrected chi connectivity index (χ2v) is 7.63. The van der Waals surface area contributed by atoms with Gasteiger partial charge < -0.3 is 9.72 Å². The van der Waals surface area contributed by atoms with E-state index >= 15 is 0 Å². The second-order valence-electron chi connectivity index (χ2n) is 7.63. The number of benzene rings is 1. The molecule has 5 nitrogen and oxygen atoms in total. The number of H-pyrrole nitrogens is 1. The molecule has 1 saturated carbocycles. The number of hydrogen-bond acceptors (Lipinski definition) is 4. The molecule has 0 radical (unpaired) electrons. The molecule has 3 aromatic rings. The van der Waals surface area contributed by atoms with Gasteiger partial charge in [0.05, 0.1) is 18.8 Å². The molecule has 1 aromatic carbocycles. The zero-order valence-corrected chi connectivity index (χ0v) is 16.2. The van der Waals surface area contributed by atoms with Crippen LogP contribution in [0.1, 0.15) is 50.4 Å². The highest BCUT2D eigenvalue weighted by Crippen LogP contribution is 2.47. The summed E-state index contributed by atoms with van der Waals surface area (Å²) >= 11 is 0. The van der Waals surface area contributed by atoms with Crippen molar-refractivity contribution in [1.29, 1.82) is 0 Å². The van der Waals surface area contributed by atoms with E-state index in [0.717, 1.165) is 28.8 Å². The zero-order chi connectivity index (χ0) is 19.1. The lowest BCUT2D eigenvalue weighted by Crippen LogP contribution is -2.13. The molecule has 2 heterocycles. The molecule has 2 aromatic heterocycles. The maximum Gasteiger partial charge on any atom is 0.165 e. The fourth-order valence-corrected chi connectivity index (χ4v) is 3.94. The van der Waals surface area contributed by atoms with Crippen molar-refractivity contribution in [3.63, 3.8) is 0 Å². The summed E-state index contributed by atoms with van der Waals surface area (Å²) < 4.78 is 19.4. The molecule has 1 aliphatic rings. The summed E-state index contributed by atoms with van der Waals surface area (Å²) in [6.07, 6.45) is 5.34. The molecule has 0 bridgehead atoms. The number of methoxy groups -OCH3 is 1. The zero-order valence-electron chi connectivity index (χ0n) is 16.2. The van der Waals surface area contributed by atoms with E-state index in [1.165, 1.54) is 26.0 Å². The van der Waals surface area contributed by atoms with Crippen LogP contribution in [0.25, 0.3) is 22.3 Å². The van der Waals surface area contributed by atoms with Crippen molar-refractivity contribution < 1.29 is 9.13 Å². The molecule has 142 valence electrons. The first-order valence-electron chi connectivity index (χ1n) is 9.59. The molecule has 4 rings (SSSR count). The van der Waals surface area contributed by atoms with Crippen LogP contribution < -0.4 is 4.74 Å². The van der Waals surface area contributed by atoms with Gasteiger partial charge in [0, 0.05) is 11.5 Å². The van der Waals surface area contributed by atoms with E-state index in [9.17, 15) is 4.39 Å². The Morgan fingerprint density at radius 1 is 1.33 bits per heavy atom. The van der Waals surface area contributed by atoms with E-state index in [0.29, 0.717) is 29.0 Å². The fourth-order valence-electron chi connectivity index (χ4n) is 3.94. The third-order valence-corrected chi connectivity index (χ3v) is 5.78. The lowest BCUT2D eigenvalue weighted by Gasteiger charge is -2.20. The Bertz CT molecular complexity index is 980. The molecule has 2 unspecified atom stereocenters. The summed E-state index contributed by atoms with van der Waals surface area (Å²) in [5.74, 6) is 2.49. The Labute approximate surface area is 158 Å². The minimum absolute atomic E-state index is 0.227. The van der Waals surface area contributed by atoms with Crippen LogP contribution in [0.3, 0.4) is 0 Å². The highest BCUT2D eigenvalue weighted by Gasteiger charge is 2.37. The molecule has 27 heavy (non-hydrogen) atoms. The summed E-state index contributed by atoms with van der Waals surface area (Å²) in [6.45, 7) is 6.43. The van der Waals surface area contributed by atoms with Gasteiger partial charge in [0.15, 0.2) is 11.6 Å². The Balaban J connectivity index is 1.84. The fraction of sp³-hybridized carbons (Fsp3) is 0.476. The van der Waals surface area contributed by atoms with Gasteiger partial charge in [-0.1, -0.05) is 20.3 Å². The van der Waals surface area contributed by atoms with Crippen LogP contribution in [0, 0.1) is 24.6 Å². The van der Waals surface area contributed by atoms with E-state index in [2.05, 4.69) is 29.0 Å². The summed E-state index contributed by atoms with van der Waals surface area (Å²) in [4.78, 5) is 8.39. The van der Waals surface area contributed by atoms with Crippen LogP contribution in [0.4, 0.5) is 4.39 Å². The van der Waals surface area contributed by atoms with Gasteiger partial charge in [-0.25, -0.2) is 9.37 Å². The molecule has 0 amide bonds. The van der Waals surface area contributed by atoms with E-state index < -0.39 is 5.82 Å². The van der Waals surface area contributed by atoms with Crippen molar-refractivity contribution >= 4 is 11.0 Å². The molecule has 2 atom stereocenters. The Morgan fingerprint density at radius 3 is 2.78 bits per heavy atom. The number of imidazole rings is 1. The molecule has 1 fully saturated rings. The van der Waals surface area contributed by atoms with Crippen molar-refractivity contribution in [2.45, 2.75) is 46.0 Å². The van der Waals surface area contributed by atoms with Gasteiger partial charge in [0.1, 0.15) is 17.0 Å². The van der Waals surface area contributed by atoms with Crippen LogP contribution in [0.15, 0.2) is 18.3 Å². The van der Waals surface area contributed by atoms with Gasteiger partial charge >= 0.3 is 0 Å². The number of nitrogens with zero attached hydrogens (tertiary/aromatic N) is 3. The highest BCUT2D eigenvalue weighted by molar-refractivity contribution is 5.89. The quantitative estimate of drug-likeness (QED) is 0.664. The van der Waals surface area contributed by atoms with Gasteiger partial charge in [0.2, 0.25) is 0 Å². The monoisotopic (exact) mass is 368 g/mol. The summed E-state index contributed by atoms with van der Waals surface area (Å²) in [5.41, 5.74) is 3.77. The standard InChI is InChI=1S/C21H25FN4O/c1-5-11(2)18(13-6-7-13)21-24-16-10-23-26-19(20(16)25-21)14-9-15(22)17(27-4)8-12(14)3/h8-11,13,18H,5-7H2,1-4H3,(H,24,25). The minimum atomic E-state index is -0.414. The van der Waals surface area contributed by atoms with Crippen molar-refractivity contribution in [1.82, 2.24) is 20.2 Å². The molecule has 1 aliphatic carbocycles. The van der Waals surface area contributed by atoms with Crippen LogP contribution >= 0.6 is 0 Å². The predicted molar refractivity (Wildman–Crippen MR) is 103 cm³/mol. The number of aromatic amines is 1. The Morgan fingerprint density at radius 2 is 2.11 bits per heavy atom. The molecule has 6 heteroatoms. The van der Waals surface area contributed by atoms with Crippen molar-refractivity contribution in [2.24, 2.45) is 11.8 Å². The van der Waals surface area contributed by atoms with Gasteiger partial charge in [-0.2, -0.15) is 5.10 Å². The smallest absolute Gasteiger partial charge is 0.165 e. The van der Waals surface area contributed by atoms with Crippen LogP contribution in [0.5, 0.6) is 5.75 Å². The molecular formula is C21H25FN4O. The van der Waals surface area contributed by atoms with Gasteiger partial charge in [-0.05, 0) is 49.3 Å². The van der Waals surface area contributed by atoms with Gasteiger partial charge in [-0.15, -0.1) is 5.10 Å². The van der Waals surface area contributed by atoms with Crippen LogP contribution in [-0.2, 0) is 0 Å². The SMILES string of the molecule is CCC(C)C(c1nc2c(-c3cc(F)c(OC)cc3C)nncc2[nH]1)C1CC1. The third kappa shape index (κ3) is 3.17. The minimum Gasteiger partial charge on any atom is -0.494 e. The van der Waals surface area contributed by atoms with Crippen LogP contribution in [0.2, 0.25) is 0 Å². The first-order valence-corrected chi connectivity index (χ1v) is 9.59. The normalized spacial score (nSPS) is 16.5. The summed E-state index contributed by atoms with van der Waals surface area (Å²) in [5, 5.41) is 8.42. The maximum absolute atomic E-state index is 14.3. The number of hydrogen-bond donors (Lipinski definition) is 1. The number of nitrogens with one attached hydrogen (secondary N) is 1. The number of aryl methyl sites for hydroxylation is 1. The van der Waals surface area contributed by atoms with E-state index in [1.807, 2.05) is 6.92 Å². The first-order chi connectivity index (χ1) is 13.0. The topological polar surface area (TPSA) is 63.7 Å². The van der Waals surface area contributed by atoms with Gasteiger partial charge in [-0.3, -0.25) is 0 Å². The number of fused-ring (bicyclic) bond motifs is 1. The molecule has 0 aliphatic heterocycles. The number of aromatic nitrogens is 4. The van der Waals surface area contributed by atoms with Crippen molar-refractivity contribution in [3.05, 3.63) is 35.5 Å². The lowest BCUT2D eigenvalue weighted by molar-refractivity contribution is 0.386. The maximum atomic E-state index is 14.3. The molecule has 1 N–H and O–H groups in total. The highest BCUT2D eigenvalue weighted by atomic mass is 19.1. The van der Waals surface area contributed by atoms with E-state index in [1.54, 1.807) is 12.3 Å². The van der Waals surface area contributed by atoms with Gasteiger partial charge in [0.25, 0.3) is 0 Å². The number of rotatable bonds is 6. The van der Waals surface area contributed by atoms with E-state index in [-0.39, 0.29) is 5.75 Å². The molecule has 0 saturated heterocycles. The largest absolute Gasteiger partial charge is 0.494 e. The average molecular weight is 368 g/mol. The van der Waals surface area contributed by atoms with Crippen LogP contribution in [-0.4, -0.2) is 27.3 Å². The molecular weight excluding hydrogens is 343 g/mol. The lowest BCUT2D eigenvalue weighted by atomic mass is 9.87. The third-order valence-electron chi connectivity index (χ3n) is 5.78. The van der Waals surface area contributed by atoms with Crippen molar-refractivity contribution in [3.8, 4) is 17.0 Å².